The molecule has 1 heterocycles. The summed E-state index contributed by atoms with van der Waals surface area (Å²) >= 11 is 0. The number of carbonyl (C=O) groups excluding carboxylic acids is 1. The van der Waals surface area contributed by atoms with Crippen molar-refractivity contribution in [3.8, 4) is 0 Å². The van der Waals surface area contributed by atoms with Crippen molar-refractivity contribution in [2.45, 2.75) is 20.0 Å². The molecule has 0 atom stereocenters. The number of aliphatic imine (C=N–C) groups is 1. The molecule has 0 aliphatic heterocycles. The molecule has 6 nitrogen and oxygen atoms in total. The summed E-state index contributed by atoms with van der Waals surface area (Å²) in [5.41, 5.74) is 1.65. The standard InChI is InChI=1S/C18H25N5O.HI/c1-3-20-18(21-9-12-23-10-4-5-11-23)22-14-15-7-6-8-16(13-15)17(24)19-2;/h4-8,10-11,13H,3,9,12,14H2,1-2H3,(H,19,24)(H2,20,21,22);1H. The minimum absolute atomic E-state index is 0. The number of amides is 1. The van der Waals surface area contributed by atoms with Crippen LogP contribution in [0.1, 0.15) is 22.8 Å². The van der Waals surface area contributed by atoms with E-state index in [1.165, 1.54) is 0 Å². The van der Waals surface area contributed by atoms with Crippen molar-refractivity contribution < 1.29 is 4.79 Å². The second-order valence-electron chi connectivity index (χ2n) is 5.32. The monoisotopic (exact) mass is 455 g/mol. The molecule has 0 spiro atoms. The Morgan fingerprint density at radius 3 is 2.60 bits per heavy atom. The third-order valence-electron chi connectivity index (χ3n) is 3.51. The van der Waals surface area contributed by atoms with E-state index in [9.17, 15) is 4.79 Å². The largest absolute Gasteiger partial charge is 0.357 e. The fourth-order valence-electron chi connectivity index (χ4n) is 2.29. The predicted molar refractivity (Wildman–Crippen MR) is 112 cm³/mol. The molecule has 0 saturated carbocycles. The summed E-state index contributed by atoms with van der Waals surface area (Å²) in [6, 6.07) is 11.5. The zero-order valence-corrected chi connectivity index (χ0v) is 17.0. The van der Waals surface area contributed by atoms with Gasteiger partial charge >= 0.3 is 0 Å². The molecule has 2 aromatic rings. The lowest BCUT2D eigenvalue weighted by Gasteiger charge is -2.12. The van der Waals surface area contributed by atoms with Crippen molar-refractivity contribution in [1.29, 1.82) is 0 Å². The number of halogens is 1. The van der Waals surface area contributed by atoms with Crippen molar-refractivity contribution in [2.24, 2.45) is 4.99 Å². The van der Waals surface area contributed by atoms with E-state index >= 15 is 0 Å². The fourth-order valence-corrected chi connectivity index (χ4v) is 2.29. The molecule has 136 valence electrons. The van der Waals surface area contributed by atoms with Gasteiger partial charge in [-0.2, -0.15) is 0 Å². The van der Waals surface area contributed by atoms with Gasteiger partial charge in [0.05, 0.1) is 6.54 Å². The van der Waals surface area contributed by atoms with Crippen molar-refractivity contribution >= 4 is 35.8 Å². The number of carbonyl (C=O) groups is 1. The molecule has 0 saturated heterocycles. The fraction of sp³-hybridized carbons (Fsp3) is 0.333. The van der Waals surface area contributed by atoms with Gasteiger partial charge in [0.1, 0.15) is 0 Å². The maximum absolute atomic E-state index is 11.7. The van der Waals surface area contributed by atoms with Crippen LogP contribution in [0.3, 0.4) is 0 Å². The SMILES string of the molecule is CCNC(=NCc1cccc(C(=O)NC)c1)NCCn1cccc1.I. The summed E-state index contributed by atoms with van der Waals surface area (Å²) in [5.74, 6) is 0.688. The lowest BCUT2D eigenvalue weighted by molar-refractivity contribution is 0.0963. The van der Waals surface area contributed by atoms with Crippen LogP contribution in [0, 0.1) is 0 Å². The molecule has 0 bridgehead atoms. The average Bonchev–Trinajstić information content (AvgIpc) is 3.12. The number of rotatable bonds is 7. The van der Waals surface area contributed by atoms with Gasteiger partial charge in [0.25, 0.3) is 5.91 Å². The summed E-state index contributed by atoms with van der Waals surface area (Å²) in [6.07, 6.45) is 4.08. The third kappa shape index (κ3) is 7.16. The molecule has 3 N–H and O–H groups in total. The van der Waals surface area contributed by atoms with E-state index in [4.69, 9.17) is 0 Å². The maximum atomic E-state index is 11.7. The van der Waals surface area contributed by atoms with E-state index in [2.05, 4.69) is 25.5 Å². The molecule has 0 fully saturated rings. The molecule has 25 heavy (non-hydrogen) atoms. The van der Waals surface area contributed by atoms with Crippen LogP contribution in [-0.4, -0.2) is 36.6 Å². The van der Waals surface area contributed by atoms with Gasteiger partial charge in [0, 0.05) is 44.6 Å². The normalized spacial score (nSPS) is 10.7. The lowest BCUT2D eigenvalue weighted by Crippen LogP contribution is -2.38. The molecular formula is C18H26IN5O. The summed E-state index contributed by atoms with van der Waals surface area (Å²) in [6.45, 7) is 5.02. The number of aromatic nitrogens is 1. The van der Waals surface area contributed by atoms with Crippen LogP contribution in [0.5, 0.6) is 0 Å². The lowest BCUT2D eigenvalue weighted by atomic mass is 10.1. The Bertz CT molecular complexity index is 670. The van der Waals surface area contributed by atoms with E-state index in [0.29, 0.717) is 12.1 Å². The number of guanidine groups is 1. The second kappa shape index (κ2) is 11.5. The van der Waals surface area contributed by atoms with Gasteiger partial charge in [-0.3, -0.25) is 4.79 Å². The molecule has 0 radical (unpaired) electrons. The molecule has 0 aliphatic rings. The zero-order chi connectivity index (χ0) is 17.2. The van der Waals surface area contributed by atoms with Crippen LogP contribution in [-0.2, 0) is 13.1 Å². The van der Waals surface area contributed by atoms with Gasteiger partial charge in [-0.1, -0.05) is 12.1 Å². The smallest absolute Gasteiger partial charge is 0.251 e. The van der Waals surface area contributed by atoms with E-state index in [1.807, 2.05) is 49.6 Å². The van der Waals surface area contributed by atoms with Crippen LogP contribution in [0.25, 0.3) is 0 Å². The highest BCUT2D eigenvalue weighted by Crippen LogP contribution is 2.06. The first-order valence-corrected chi connectivity index (χ1v) is 8.17. The summed E-state index contributed by atoms with van der Waals surface area (Å²) < 4.78 is 2.11. The Kier molecular flexibility index (Phi) is 9.68. The van der Waals surface area contributed by atoms with E-state index < -0.39 is 0 Å². The summed E-state index contributed by atoms with van der Waals surface area (Å²) in [7, 11) is 1.63. The minimum atomic E-state index is -0.0856. The average molecular weight is 455 g/mol. The molecule has 1 amide bonds. The molecule has 1 aromatic carbocycles. The molecule has 1 aromatic heterocycles. The van der Waals surface area contributed by atoms with E-state index in [-0.39, 0.29) is 29.9 Å². The highest BCUT2D eigenvalue weighted by Gasteiger charge is 2.04. The molecular weight excluding hydrogens is 429 g/mol. The molecule has 0 aliphatic carbocycles. The Labute approximate surface area is 166 Å². The van der Waals surface area contributed by atoms with Crippen LogP contribution >= 0.6 is 24.0 Å². The van der Waals surface area contributed by atoms with Crippen molar-refractivity contribution in [2.75, 3.05) is 20.1 Å². The minimum Gasteiger partial charge on any atom is -0.357 e. The van der Waals surface area contributed by atoms with Crippen LogP contribution in [0.15, 0.2) is 53.8 Å². The first-order valence-electron chi connectivity index (χ1n) is 8.17. The number of nitrogens with zero attached hydrogens (tertiary/aromatic N) is 2. The molecule has 7 heteroatoms. The second-order valence-corrected chi connectivity index (χ2v) is 5.32. The van der Waals surface area contributed by atoms with E-state index in [1.54, 1.807) is 13.1 Å². The predicted octanol–water partition coefficient (Wildman–Crippen LogP) is 2.22. The van der Waals surface area contributed by atoms with Crippen molar-refractivity contribution in [3.63, 3.8) is 0 Å². The highest BCUT2D eigenvalue weighted by molar-refractivity contribution is 14.0. The first-order chi connectivity index (χ1) is 11.7. The number of hydrogen-bond acceptors (Lipinski definition) is 2. The van der Waals surface area contributed by atoms with Gasteiger partial charge in [-0.15, -0.1) is 24.0 Å². The van der Waals surface area contributed by atoms with Gasteiger partial charge in [0.15, 0.2) is 5.96 Å². The van der Waals surface area contributed by atoms with E-state index in [0.717, 1.165) is 31.2 Å². The van der Waals surface area contributed by atoms with Crippen LogP contribution in [0.2, 0.25) is 0 Å². The molecule has 2 rings (SSSR count). The van der Waals surface area contributed by atoms with Crippen LogP contribution in [0.4, 0.5) is 0 Å². The summed E-state index contributed by atoms with van der Waals surface area (Å²) in [4.78, 5) is 16.3. The Morgan fingerprint density at radius 2 is 1.92 bits per heavy atom. The number of benzene rings is 1. The number of hydrogen-bond donors (Lipinski definition) is 3. The number of nitrogens with one attached hydrogen (secondary N) is 3. The highest BCUT2D eigenvalue weighted by atomic mass is 127. The topological polar surface area (TPSA) is 70.4 Å². The zero-order valence-electron chi connectivity index (χ0n) is 14.7. The third-order valence-corrected chi connectivity index (χ3v) is 3.51. The Balaban J connectivity index is 0.00000312. The quantitative estimate of drug-likeness (QED) is 0.341. The van der Waals surface area contributed by atoms with Gasteiger partial charge in [0.2, 0.25) is 0 Å². The van der Waals surface area contributed by atoms with Gasteiger partial charge in [-0.05, 0) is 36.8 Å². The van der Waals surface area contributed by atoms with Crippen molar-refractivity contribution in [1.82, 2.24) is 20.5 Å². The Hall–Kier alpha value is -2.03. The van der Waals surface area contributed by atoms with Crippen LogP contribution < -0.4 is 16.0 Å². The molecule has 0 unspecified atom stereocenters. The van der Waals surface area contributed by atoms with Crippen molar-refractivity contribution in [3.05, 3.63) is 59.9 Å². The van der Waals surface area contributed by atoms with Gasteiger partial charge in [-0.25, -0.2) is 4.99 Å². The Morgan fingerprint density at radius 1 is 1.16 bits per heavy atom. The maximum Gasteiger partial charge on any atom is 0.251 e. The summed E-state index contributed by atoms with van der Waals surface area (Å²) in [5, 5.41) is 9.18. The first kappa shape index (κ1) is 21.0. The van der Waals surface area contributed by atoms with Gasteiger partial charge < -0.3 is 20.5 Å².